The Labute approximate surface area is 361 Å². The molecule has 0 saturated carbocycles. The van der Waals surface area contributed by atoms with Gasteiger partial charge in [-0.2, -0.15) is 0 Å². The average Bonchev–Trinajstić information content (AvgIpc) is 3.95. The van der Waals surface area contributed by atoms with E-state index in [0.717, 1.165) is 23.1 Å². The standard InChI is InChI=1S/C56H37N3S2/c1-56(2)47-24-10-8-18-37(47)45-31-44-34(30-48(45)56)29-43(35-16-6-7-17-36(35)44)33-26-27-50-46(28-33)40-21-13-23-42(52(40)61-50)55-58-53(32-14-4-3-5-15-32)57-54(59-55)41-22-12-20-39-38-19-9-11-25-49(38)60-51(39)41/h3-28,30-31,43H,29H2,1-2H3. The second-order valence-electron chi connectivity index (χ2n) is 17.1. The molecule has 3 aromatic heterocycles. The number of hydrogen-bond donors (Lipinski definition) is 0. The Bertz CT molecular complexity index is 3610. The van der Waals surface area contributed by atoms with E-state index in [1.165, 1.54) is 90.4 Å². The monoisotopic (exact) mass is 815 g/mol. The molecule has 0 saturated heterocycles. The van der Waals surface area contributed by atoms with Crippen LogP contribution < -0.4 is 0 Å². The topological polar surface area (TPSA) is 38.7 Å². The Balaban J connectivity index is 0.950. The third-order valence-corrected chi connectivity index (χ3v) is 15.8. The van der Waals surface area contributed by atoms with E-state index in [1.807, 2.05) is 29.5 Å². The van der Waals surface area contributed by atoms with Crippen LogP contribution in [0.25, 0.3) is 96.8 Å². The molecule has 3 nitrogen and oxygen atoms in total. The molecule has 0 fully saturated rings. The van der Waals surface area contributed by atoms with E-state index < -0.39 is 0 Å². The molecule has 0 bridgehead atoms. The lowest BCUT2D eigenvalue weighted by atomic mass is 9.73. The number of rotatable bonds is 4. The summed E-state index contributed by atoms with van der Waals surface area (Å²) in [6.45, 7) is 4.77. The predicted molar refractivity (Wildman–Crippen MR) is 257 cm³/mol. The zero-order chi connectivity index (χ0) is 40.4. The van der Waals surface area contributed by atoms with E-state index in [4.69, 9.17) is 15.0 Å². The summed E-state index contributed by atoms with van der Waals surface area (Å²) in [6, 6.07) is 62.3. The molecule has 3 heterocycles. The molecule has 0 N–H and O–H groups in total. The van der Waals surface area contributed by atoms with Crippen molar-refractivity contribution in [3.05, 3.63) is 198 Å². The molecule has 5 heteroatoms. The van der Waals surface area contributed by atoms with Gasteiger partial charge in [-0.1, -0.05) is 147 Å². The first kappa shape index (κ1) is 35.0. The molecular weight excluding hydrogens is 779 g/mol. The van der Waals surface area contributed by atoms with Crippen LogP contribution in [0.3, 0.4) is 0 Å². The van der Waals surface area contributed by atoms with Crippen molar-refractivity contribution < 1.29 is 0 Å². The van der Waals surface area contributed by atoms with Crippen molar-refractivity contribution in [1.82, 2.24) is 15.0 Å². The van der Waals surface area contributed by atoms with Gasteiger partial charge in [0.05, 0.1) is 0 Å². The molecule has 1 unspecified atom stereocenters. The fraction of sp³-hybridized carbons (Fsp3) is 0.0893. The molecule has 1 atom stereocenters. The minimum absolute atomic E-state index is 0.0350. The zero-order valence-corrected chi connectivity index (χ0v) is 35.2. The van der Waals surface area contributed by atoms with Gasteiger partial charge < -0.3 is 0 Å². The molecule has 0 radical (unpaired) electrons. The van der Waals surface area contributed by atoms with Crippen molar-refractivity contribution in [3.8, 4) is 56.4 Å². The van der Waals surface area contributed by atoms with Gasteiger partial charge in [-0.05, 0) is 92.9 Å². The maximum absolute atomic E-state index is 5.32. The highest BCUT2D eigenvalue weighted by molar-refractivity contribution is 7.26. The van der Waals surface area contributed by atoms with Crippen LogP contribution >= 0.6 is 22.7 Å². The van der Waals surface area contributed by atoms with Crippen LogP contribution in [0.4, 0.5) is 0 Å². The van der Waals surface area contributed by atoms with Crippen LogP contribution in [0.5, 0.6) is 0 Å². The Morgan fingerprint density at radius 2 is 1.05 bits per heavy atom. The maximum atomic E-state index is 5.32. The summed E-state index contributed by atoms with van der Waals surface area (Å²) in [6.07, 6.45) is 0.966. The van der Waals surface area contributed by atoms with Gasteiger partial charge in [0.2, 0.25) is 0 Å². The van der Waals surface area contributed by atoms with E-state index in [1.54, 1.807) is 11.3 Å². The van der Waals surface area contributed by atoms with Crippen LogP contribution in [0.2, 0.25) is 0 Å². The molecule has 11 aromatic rings. The summed E-state index contributed by atoms with van der Waals surface area (Å²) in [5, 5.41) is 5.00. The molecular formula is C56H37N3S2. The largest absolute Gasteiger partial charge is 0.208 e. The number of thiophene rings is 2. The molecule has 8 aromatic carbocycles. The fourth-order valence-electron chi connectivity index (χ4n) is 10.4. The van der Waals surface area contributed by atoms with Gasteiger partial charge in [0.25, 0.3) is 0 Å². The highest BCUT2D eigenvalue weighted by Crippen LogP contribution is 2.53. The molecule has 13 rings (SSSR count). The molecule has 2 aliphatic rings. The third kappa shape index (κ3) is 5.24. The molecule has 2 aliphatic carbocycles. The summed E-state index contributed by atoms with van der Waals surface area (Å²) in [4.78, 5) is 15.7. The van der Waals surface area contributed by atoms with Crippen LogP contribution in [0.15, 0.2) is 170 Å². The van der Waals surface area contributed by atoms with Crippen molar-refractivity contribution in [2.45, 2.75) is 31.6 Å². The molecule has 61 heavy (non-hydrogen) atoms. The summed E-state index contributed by atoms with van der Waals surface area (Å²) in [5.74, 6) is 2.30. The van der Waals surface area contributed by atoms with Gasteiger partial charge in [0.1, 0.15) is 0 Å². The molecule has 0 aliphatic heterocycles. The Hall–Kier alpha value is -6.79. The lowest BCUT2D eigenvalue weighted by Crippen LogP contribution is -2.17. The van der Waals surface area contributed by atoms with E-state index >= 15 is 0 Å². The smallest absolute Gasteiger partial charge is 0.165 e. The number of nitrogens with zero attached hydrogens (tertiary/aromatic N) is 3. The van der Waals surface area contributed by atoms with Gasteiger partial charge >= 0.3 is 0 Å². The summed E-state index contributed by atoms with van der Waals surface area (Å²) < 4.78 is 4.91. The van der Waals surface area contributed by atoms with Gasteiger partial charge in [0, 0.05) is 68.4 Å². The minimum Gasteiger partial charge on any atom is -0.208 e. The van der Waals surface area contributed by atoms with E-state index in [0.29, 0.717) is 17.5 Å². The van der Waals surface area contributed by atoms with Gasteiger partial charge in [0.15, 0.2) is 17.5 Å². The van der Waals surface area contributed by atoms with E-state index in [9.17, 15) is 0 Å². The first-order chi connectivity index (χ1) is 30.0. The fourth-order valence-corrected chi connectivity index (χ4v) is 12.8. The summed E-state index contributed by atoms with van der Waals surface area (Å²) >= 11 is 3.63. The molecule has 0 amide bonds. The van der Waals surface area contributed by atoms with Gasteiger partial charge in [-0.25, -0.2) is 15.0 Å². The lowest BCUT2D eigenvalue weighted by Gasteiger charge is -2.30. The number of fused-ring (bicyclic) bond motifs is 12. The van der Waals surface area contributed by atoms with Crippen molar-refractivity contribution in [2.75, 3.05) is 0 Å². The first-order valence-electron chi connectivity index (χ1n) is 21.0. The zero-order valence-electron chi connectivity index (χ0n) is 33.6. The second-order valence-corrected chi connectivity index (χ2v) is 19.2. The third-order valence-electron chi connectivity index (χ3n) is 13.3. The number of hydrogen-bond acceptors (Lipinski definition) is 5. The van der Waals surface area contributed by atoms with Crippen molar-refractivity contribution in [2.24, 2.45) is 0 Å². The van der Waals surface area contributed by atoms with Crippen LogP contribution in [0, 0.1) is 0 Å². The Morgan fingerprint density at radius 1 is 0.443 bits per heavy atom. The highest BCUT2D eigenvalue weighted by atomic mass is 32.1. The van der Waals surface area contributed by atoms with E-state index in [2.05, 4.69) is 166 Å². The van der Waals surface area contributed by atoms with Gasteiger partial charge in [-0.15, -0.1) is 22.7 Å². The molecule has 288 valence electrons. The minimum atomic E-state index is -0.0350. The maximum Gasteiger partial charge on any atom is 0.165 e. The van der Waals surface area contributed by atoms with Crippen molar-refractivity contribution in [3.63, 3.8) is 0 Å². The van der Waals surface area contributed by atoms with Crippen LogP contribution in [-0.4, -0.2) is 15.0 Å². The number of benzene rings is 8. The van der Waals surface area contributed by atoms with E-state index in [-0.39, 0.29) is 11.3 Å². The SMILES string of the molecule is CC1(C)c2ccccc2-c2cc3c(cc21)CC(c1ccc2sc4c(-c5nc(-c6ccccc6)nc(-c6cccc7c6sc6ccccc67)n5)cccc4c2c1)c1ccccc1-3. The predicted octanol–water partition coefficient (Wildman–Crippen LogP) is 15.3. The average molecular weight is 816 g/mol. The van der Waals surface area contributed by atoms with Crippen LogP contribution in [-0.2, 0) is 11.8 Å². The van der Waals surface area contributed by atoms with Crippen LogP contribution in [0.1, 0.15) is 47.6 Å². The summed E-state index contributed by atoms with van der Waals surface area (Å²) in [5.41, 5.74) is 15.5. The Morgan fingerprint density at radius 3 is 1.84 bits per heavy atom. The second kappa shape index (κ2) is 13.1. The highest BCUT2D eigenvalue weighted by Gasteiger charge is 2.37. The first-order valence-corrected chi connectivity index (χ1v) is 22.7. The quantitative estimate of drug-likeness (QED) is 0.178. The number of aromatic nitrogens is 3. The summed E-state index contributed by atoms with van der Waals surface area (Å²) in [7, 11) is 0. The van der Waals surface area contributed by atoms with Gasteiger partial charge in [-0.3, -0.25) is 0 Å². The van der Waals surface area contributed by atoms with Crippen molar-refractivity contribution in [1.29, 1.82) is 0 Å². The normalized spacial score (nSPS) is 15.0. The lowest BCUT2D eigenvalue weighted by molar-refractivity contribution is 0.658. The van der Waals surface area contributed by atoms with Crippen molar-refractivity contribution >= 4 is 63.0 Å². The Kier molecular flexibility index (Phi) is 7.52. The molecule has 0 spiro atoms.